The predicted molar refractivity (Wildman–Crippen MR) is 108 cm³/mol. The van der Waals surface area contributed by atoms with Gasteiger partial charge in [-0.1, -0.05) is 43.2 Å². The lowest BCUT2D eigenvalue weighted by Gasteiger charge is -2.52. The first-order valence-electron chi connectivity index (χ1n) is 9.99. The predicted octanol–water partition coefficient (Wildman–Crippen LogP) is 3.98. The largest absolute Gasteiger partial charge is 0.385 e. The standard InChI is InChI=1S/C22H28N2O2S/c1-15-20(27-16(2)23-15)14-21(25)24-13-12-22(26,17-8-4-3-5-9-17)18-10-6-7-11-19(18)24/h3-5,8-9,18-19,26H,6-7,10-14H2,1-2H3/t18-,19-,22?/m1/s1. The molecule has 1 aliphatic carbocycles. The van der Waals surface area contributed by atoms with Crippen molar-refractivity contribution in [2.45, 2.75) is 64.0 Å². The van der Waals surface area contributed by atoms with Crippen molar-refractivity contribution in [2.24, 2.45) is 5.92 Å². The van der Waals surface area contributed by atoms with Crippen LogP contribution in [0.25, 0.3) is 0 Å². The van der Waals surface area contributed by atoms with E-state index >= 15 is 0 Å². The number of amides is 1. The summed E-state index contributed by atoms with van der Waals surface area (Å²) in [6.07, 6.45) is 5.29. The number of piperidine rings is 1. The third-order valence-electron chi connectivity index (χ3n) is 6.38. The smallest absolute Gasteiger partial charge is 0.228 e. The summed E-state index contributed by atoms with van der Waals surface area (Å²) >= 11 is 1.62. The quantitative estimate of drug-likeness (QED) is 0.871. The number of rotatable bonds is 3. The van der Waals surface area contributed by atoms with Crippen molar-refractivity contribution in [2.75, 3.05) is 6.54 Å². The van der Waals surface area contributed by atoms with Crippen molar-refractivity contribution in [3.8, 4) is 0 Å². The Bertz CT molecular complexity index is 819. The minimum absolute atomic E-state index is 0.121. The number of thiazole rings is 1. The summed E-state index contributed by atoms with van der Waals surface area (Å²) in [5.74, 6) is 0.310. The molecule has 0 spiro atoms. The Morgan fingerprint density at radius 3 is 2.70 bits per heavy atom. The molecule has 1 aliphatic heterocycles. The summed E-state index contributed by atoms with van der Waals surface area (Å²) in [5, 5.41) is 12.6. The van der Waals surface area contributed by atoms with Gasteiger partial charge in [-0.25, -0.2) is 4.98 Å². The molecule has 1 aromatic heterocycles. The van der Waals surface area contributed by atoms with Gasteiger partial charge in [-0.05, 0) is 38.7 Å². The number of benzene rings is 1. The number of likely N-dealkylation sites (tertiary alicyclic amines) is 1. The Hall–Kier alpha value is -1.72. The van der Waals surface area contributed by atoms with Gasteiger partial charge < -0.3 is 10.0 Å². The highest BCUT2D eigenvalue weighted by molar-refractivity contribution is 7.11. The molecule has 1 unspecified atom stereocenters. The molecule has 1 aromatic carbocycles. The van der Waals surface area contributed by atoms with Crippen LogP contribution in [0.15, 0.2) is 30.3 Å². The van der Waals surface area contributed by atoms with Gasteiger partial charge in [0.25, 0.3) is 0 Å². The maximum Gasteiger partial charge on any atom is 0.228 e. The van der Waals surface area contributed by atoms with Gasteiger partial charge in [0.1, 0.15) is 0 Å². The van der Waals surface area contributed by atoms with E-state index in [1.165, 1.54) is 0 Å². The van der Waals surface area contributed by atoms with Crippen LogP contribution in [0.3, 0.4) is 0 Å². The first-order chi connectivity index (χ1) is 13.0. The molecule has 1 N–H and O–H groups in total. The van der Waals surface area contributed by atoms with Crippen LogP contribution in [0.1, 0.15) is 53.2 Å². The van der Waals surface area contributed by atoms with Gasteiger partial charge in [0, 0.05) is 23.4 Å². The van der Waals surface area contributed by atoms with Crippen molar-refractivity contribution < 1.29 is 9.90 Å². The Labute approximate surface area is 165 Å². The fourth-order valence-electron chi connectivity index (χ4n) is 5.05. The van der Waals surface area contributed by atoms with Crippen LogP contribution in [-0.2, 0) is 16.8 Å². The van der Waals surface area contributed by atoms with Crippen LogP contribution in [0.5, 0.6) is 0 Å². The molecule has 4 rings (SSSR count). The van der Waals surface area contributed by atoms with E-state index < -0.39 is 5.60 Å². The number of hydrogen-bond donors (Lipinski definition) is 1. The summed E-state index contributed by atoms with van der Waals surface area (Å²) in [7, 11) is 0. The van der Waals surface area contributed by atoms with E-state index in [9.17, 15) is 9.90 Å². The molecule has 2 aliphatic rings. The highest BCUT2D eigenvalue weighted by Gasteiger charge is 2.50. The molecule has 5 heteroatoms. The summed E-state index contributed by atoms with van der Waals surface area (Å²) in [5.41, 5.74) is 1.16. The lowest BCUT2D eigenvalue weighted by Crippen LogP contribution is -2.59. The average molecular weight is 385 g/mol. The minimum Gasteiger partial charge on any atom is -0.385 e. The van der Waals surface area contributed by atoms with Crippen LogP contribution in [0.2, 0.25) is 0 Å². The summed E-state index contributed by atoms with van der Waals surface area (Å²) in [6, 6.07) is 10.2. The molecule has 144 valence electrons. The number of aromatic nitrogens is 1. The molecule has 1 saturated carbocycles. The Morgan fingerprint density at radius 2 is 2.00 bits per heavy atom. The highest BCUT2D eigenvalue weighted by atomic mass is 32.1. The SMILES string of the molecule is Cc1nc(C)c(CC(=O)N2CCC(O)(c3ccccc3)[C@@H]3CCCC[C@H]32)s1. The van der Waals surface area contributed by atoms with E-state index in [2.05, 4.69) is 9.88 Å². The lowest BCUT2D eigenvalue weighted by atomic mass is 9.66. The Morgan fingerprint density at radius 1 is 1.26 bits per heavy atom. The molecule has 1 saturated heterocycles. The third-order valence-corrected chi connectivity index (χ3v) is 7.46. The number of carbonyl (C=O) groups is 1. The summed E-state index contributed by atoms with van der Waals surface area (Å²) in [6.45, 7) is 4.60. The molecular weight excluding hydrogens is 356 g/mol. The van der Waals surface area contributed by atoms with E-state index in [1.807, 2.05) is 44.2 Å². The normalized spacial score (nSPS) is 28.0. The Kier molecular flexibility index (Phi) is 5.08. The van der Waals surface area contributed by atoms with E-state index in [0.29, 0.717) is 19.4 Å². The lowest BCUT2D eigenvalue weighted by molar-refractivity contribution is -0.154. The fraction of sp³-hybridized carbons (Fsp3) is 0.545. The molecule has 1 amide bonds. The number of nitrogens with zero attached hydrogens (tertiary/aromatic N) is 2. The molecule has 0 radical (unpaired) electrons. The second-order valence-corrected chi connectivity index (χ2v) is 9.29. The summed E-state index contributed by atoms with van der Waals surface area (Å²) < 4.78 is 0. The molecule has 0 bridgehead atoms. The van der Waals surface area contributed by atoms with Crippen LogP contribution in [0.4, 0.5) is 0 Å². The zero-order valence-corrected chi connectivity index (χ0v) is 17.0. The second kappa shape index (κ2) is 7.36. The molecule has 27 heavy (non-hydrogen) atoms. The van der Waals surface area contributed by atoms with Gasteiger partial charge in [0.05, 0.1) is 22.7 Å². The first-order valence-corrected chi connectivity index (χ1v) is 10.8. The number of aryl methyl sites for hydroxylation is 2. The van der Waals surface area contributed by atoms with E-state index in [0.717, 1.165) is 46.8 Å². The number of aliphatic hydroxyl groups is 1. The fourth-order valence-corrected chi connectivity index (χ4v) is 5.98. The van der Waals surface area contributed by atoms with Gasteiger partial charge in [0.2, 0.25) is 5.91 Å². The monoisotopic (exact) mass is 384 g/mol. The number of carbonyl (C=O) groups excluding carboxylic acids is 1. The van der Waals surface area contributed by atoms with Gasteiger partial charge >= 0.3 is 0 Å². The molecule has 2 heterocycles. The van der Waals surface area contributed by atoms with Crippen molar-refractivity contribution >= 4 is 17.2 Å². The topological polar surface area (TPSA) is 53.4 Å². The van der Waals surface area contributed by atoms with E-state index in [1.54, 1.807) is 11.3 Å². The van der Waals surface area contributed by atoms with Gasteiger partial charge in [-0.15, -0.1) is 11.3 Å². The summed E-state index contributed by atoms with van der Waals surface area (Å²) in [4.78, 5) is 20.8. The van der Waals surface area contributed by atoms with Crippen LogP contribution < -0.4 is 0 Å². The zero-order valence-electron chi connectivity index (χ0n) is 16.1. The maximum absolute atomic E-state index is 13.2. The Balaban J connectivity index is 1.58. The van der Waals surface area contributed by atoms with Gasteiger partial charge in [-0.2, -0.15) is 0 Å². The molecule has 4 nitrogen and oxygen atoms in total. The third kappa shape index (κ3) is 3.43. The molecule has 2 aromatic rings. The van der Waals surface area contributed by atoms with Gasteiger partial charge in [0.15, 0.2) is 0 Å². The zero-order chi connectivity index (χ0) is 19.0. The maximum atomic E-state index is 13.2. The van der Waals surface area contributed by atoms with Crippen LogP contribution >= 0.6 is 11.3 Å². The van der Waals surface area contributed by atoms with E-state index in [4.69, 9.17) is 0 Å². The first kappa shape index (κ1) is 18.6. The number of hydrogen-bond acceptors (Lipinski definition) is 4. The van der Waals surface area contributed by atoms with Crippen molar-refractivity contribution in [1.29, 1.82) is 0 Å². The molecule has 2 fully saturated rings. The molecular formula is C22H28N2O2S. The van der Waals surface area contributed by atoms with Crippen molar-refractivity contribution in [1.82, 2.24) is 9.88 Å². The van der Waals surface area contributed by atoms with Crippen molar-refractivity contribution in [3.05, 3.63) is 51.5 Å². The van der Waals surface area contributed by atoms with Crippen molar-refractivity contribution in [3.63, 3.8) is 0 Å². The number of fused-ring (bicyclic) bond motifs is 1. The molecule has 3 atom stereocenters. The minimum atomic E-state index is -0.819. The highest BCUT2D eigenvalue weighted by Crippen LogP contribution is 2.47. The van der Waals surface area contributed by atoms with Gasteiger partial charge in [-0.3, -0.25) is 4.79 Å². The average Bonchev–Trinajstić information content (AvgIpc) is 2.99. The van der Waals surface area contributed by atoms with E-state index in [-0.39, 0.29) is 17.9 Å². The second-order valence-electron chi connectivity index (χ2n) is 8.00. The van der Waals surface area contributed by atoms with Crippen LogP contribution in [0, 0.1) is 19.8 Å². The van der Waals surface area contributed by atoms with Crippen LogP contribution in [-0.4, -0.2) is 33.5 Å².